The van der Waals surface area contributed by atoms with Gasteiger partial charge in [0.1, 0.15) is 5.82 Å². The molecule has 0 radical (unpaired) electrons. The molecule has 1 spiro atoms. The zero-order valence-electron chi connectivity index (χ0n) is 12.8. The highest BCUT2D eigenvalue weighted by atomic mass is 35.5. The van der Waals surface area contributed by atoms with Crippen molar-refractivity contribution in [3.8, 4) is 0 Å². The van der Waals surface area contributed by atoms with E-state index in [4.69, 9.17) is 0 Å². The Morgan fingerprint density at radius 2 is 2.14 bits per heavy atom. The van der Waals surface area contributed by atoms with Crippen molar-refractivity contribution < 1.29 is 9.18 Å². The molecule has 22 heavy (non-hydrogen) atoms. The molecule has 1 aromatic rings. The first kappa shape index (κ1) is 15.8. The van der Waals surface area contributed by atoms with E-state index in [0.29, 0.717) is 12.5 Å². The van der Waals surface area contributed by atoms with Crippen molar-refractivity contribution in [2.45, 2.75) is 31.6 Å². The summed E-state index contributed by atoms with van der Waals surface area (Å²) >= 11 is 0. The summed E-state index contributed by atoms with van der Waals surface area (Å²) in [5.74, 6) is 0.461. The van der Waals surface area contributed by atoms with Crippen LogP contribution < -0.4 is 10.2 Å². The van der Waals surface area contributed by atoms with Gasteiger partial charge in [-0.3, -0.25) is 4.79 Å². The fourth-order valence-electron chi connectivity index (χ4n) is 4.05. The Morgan fingerprint density at radius 1 is 1.41 bits per heavy atom. The molecule has 120 valence electrons. The number of carbonyl (C=O) groups excluding carboxylic acids is 1. The largest absolute Gasteiger partial charge is 0.316 e. The maximum absolute atomic E-state index is 14.3. The number of nitrogens with zero attached hydrogens (tertiary/aromatic N) is 1. The van der Waals surface area contributed by atoms with E-state index < -0.39 is 0 Å². The van der Waals surface area contributed by atoms with Crippen molar-refractivity contribution in [3.63, 3.8) is 0 Å². The number of fused-ring (bicyclic) bond motifs is 2. The lowest BCUT2D eigenvalue weighted by Gasteiger charge is -2.39. The third-order valence-electron chi connectivity index (χ3n) is 5.76. The van der Waals surface area contributed by atoms with Crippen LogP contribution in [0.25, 0.3) is 0 Å². The van der Waals surface area contributed by atoms with E-state index in [1.165, 1.54) is 6.07 Å². The molecule has 1 aliphatic carbocycles. The summed E-state index contributed by atoms with van der Waals surface area (Å²) in [4.78, 5) is 14.7. The SMILES string of the molecule is CC(C(=O)N1CC2(CCC2)c2c(F)cccc21)C1CNC1.Cl. The van der Waals surface area contributed by atoms with Gasteiger partial charge in [-0.2, -0.15) is 0 Å². The summed E-state index contributed by atoms with van der Waals surface area (Å²) in [5.41, 5.74) is 1.51. The first-order chi connectivity index (χ1) is 10.1. The maximum Gasteiger partial charge on any atom is 0.230 e. The molecule has 1 saturated heterocycles. The Bertz CT molecular complexity index is 598. The third kappa shape index (κ3) is 2.08. The second kappa shape index (κ2) is 5.50. The van der Waals surface area contributed by atoms with Gasteiger partial charge in [0.25, 0.3) is 0 Å². The number of halogens is 2. The van der Waals surface area contributed by atoms with Crippen LogP contribution >= 0.6 is 12.4 Å². The van der Waals surface area contributed by atoms with Crippen LogP contribution in [0.2, 0.25) is 0 Å². The number of rotatable bonds is 2. The highest BCUT2D eigenvalue weighted by Gasteiger charge is 2.51. The quantitative estimate of drug-likeness (QED) is 0.907. The summed E-state index contributed by atoms with van der Waals surface area (Å²) in [7, 11) is 0. The highest BCUT2D eigenvalue weighted by Crippen LogP contribution is 2.53. The van der Waals surface area contributed by atoms with Crippen molar-refractivity contribution in [2.24, 2.45) is 11.8 Å². The molecule has 2 fully saturated rings. The van der Waals surface area contributed by atoms with Gasteiger partial charge in [0.05, 0.1) is 5.69 Å². The molecule has 1 atom stereocenters. The summed E-state index contributed by atoms with van der Waals surface area (Å²) in [6.45, 7) is 4.52. The van der Waals surface area contributed by atoms with E-state index in [0.717, 1.165) is 43.6 Å². The standard InChI is InChI=1S/C17H21FN2O.ClH/c1-11(12-8-19-9-12)16(21)20-10-17(6-3-7-17)15-13(18)4-2-5-14(15)20;/h2,4-5,11-12,19H,3,6-10H2,1H3;1H. The lowest BCUT2D eigenvalue weighted by atomic mass is 9.65. The van der Waals surface area contributed by atoms with Crippen molar-refractivity contribution in [1.82, 2.24) is 5.32 Å². The van der Waals surface area contributed by atoms with Crippen LogP contribution in [-0.2, 0) is 10.2 Å². The molecule has 0 bridgehead atoms. The van der Waals surface area contributed by atoms with E-state index in [1.54, 1.807) is 6.07 Å². The van der Waals surface area contributed by atoms with Crippen LogP contribution in [-0.4, -0.2) is 25.5 Å². The molecular formula is C17H22ClFN2O. The zero-order chi connectivity index (χ0) is 14.6. The van der Waals surface area contributed by atoms with Gasteiger partial charge in [-0.15, -0.1) is 12.4 Å². The molecule has 5 heteroatoms. The van der Waals surface area contributed by atoms with Gasteiger partial charge in [0.15, 0.2) is 0 Å². The van der Waals surface area contributed by atoms with Crippen LogP contribution in [0.5, 0.6) is 0 Å². The number of amides is 1. The number of anilines is 1. The minimum atomic E-state index is -0.138. The molecule has 3 nitrogen and oxygen atoms in total. The van der Waals surface area contributed by atoms with E-state index in [9.17, 15) is 9.18 Å². The van der Waals surface area contributed by atoms with Gasteiger partial charge in [-0.05, 0) is 44.0 Å². The predicted molar refractivity (Wildman–Crippen MR) is 87.1 cm³/mol. The second-order valence-electron chi connectivity index (χ2n) is 6.90. The Labute approximate surface area is 136 Å². The van der Waals surface area contributed by atoms with Crippen molar-refractivity contribution in [1.29, 1.82) is 0 Å². The Balaban J connectivity index is 0.00000144. The fourth-order valence-corrected chi connectivity index (χ4v) is 4.05. The molecule has 2 heterocycles. The van der Waals surface area contributed by atoms with Crippen LogP contribution in [0.3, 0.4) is 0 Å². The topological polar surface area (TPSA) is 32.3 Å². The van der Waals surface area contributed by atoms with Gasteiger partial charge in [0.2, 0.25) is 5.91 Å². The number of hydrogen-bond acceptors (Lipinski definition) is 2. The number of nitrogens with one attached hydrogen (secondary N) is 1. The second-order valence-corrected chi connectivity index (χ2v) is 6.90. The number of carbonyl (C=O) groups is 1. The molecule has 1 aromatic carbocycles. The minimum absolute atomic E-state index is 0. The average molecular weight is 325 g/mol. The predicted octanol–water partition coefficient (Wildman–Crippen LogP) is 2.87. The van der Waals surface area contributed by atoms with E-state index in [2.05, 4.69) is 5.32 Å². The lowest BCUT2D eigenvalue weighted by molar-refractivity contribution is -0.124. The van der Waals surface area contributed by atoms with Crippen molar-refractivity contribution in [2.75, 3.05) is 24.5 Å². The first-order valence-electron chi connectivity index (χ1n) is 7.93. The molecule has 1 amide bonds. The van der Waals surface area contributed by atoms with Gasteiger partial charge >= 0.3 is 0 Å². The maximum atomic E-state index is 14.3. The molecular weight excluding hydrogens is 303 g/mol. The van der Waals surface area contributed by atoms with Gasteiger partial charge in [-0.25, -0.2) is 4.39 Å². The highest BCUT2D eigenvalue weighted by molar-refractivity contribution is 5.98. The average Bonchev–Trinajstić information content (AvgIpc) is 2.72. The van der Waals surface area contributed by atoms with Crippen LogP contribution in [0, 0.1) is 17.7 Å². The summed E-state index contributed by atoms with van der Waals surface area (Å²) < 4.78 is 14.3. The van der Waals surface area contributed by atoms with Crippen LogP contribution in [0.4, 0.5) is 10.1 Å². The first-order valence-corrected chi connectivity index (χ1v) is 7.93. The summed E-state index contributed by atoms with van der Waals surface area (Å²) in [5, 5.41) is 3.22. The molecule has 0 aromatic heterocycles. The van der Waals surface area contributed by atoms with Gasteiger partial charge in [0, 0.05) is 23.4 Å². The zero-order valence-corrected chi connectivity index (χ0v) is 13.6. The van der Waals surface area contributed by atoms with E-state index >= 15 is 0 Å². The minimum Gasteiger partial charge on any atom is -0.316 e. The molecule has 2 aliphatic heterocycles. The number of hydrogen-bond donors (Lipinski definition) is 1. The summed E-state index contributed by atoms with van der Waals surface area (Å²) in [6.07, 6.45) is 3.14. The lowest BCUT2D eigenvalue weighted by Crippen LogP contribution is -2.51. The molecule has 3 aliphatic rings. The Morgan fingerprint density at radius 3 is 2.68 bits per heavy atom. The fraction of sp³-hybridized carbons (Fsp3) is 0.588. The monoisotopic (exact) mass is 324 g/mol. The molecule has 1 saturated carbocycles. The molecule has 1 unspecified atom stereocenters. The third-order valence-corrected chi connectivity index (χ3v) is 5.76. The Kier molecular flexibility index (Phi) is 3.94. The summed E-state index contributed by atoms with van der Waals surface area (Å²) in [6, 6.07) is 5.17. The Hall–Kier alpha value is -1.13. The molecule has 4 rings (SSSR count). The normalized spacial score (nSPS) is 23.3. The molecule has 1 N–H and O–H groups in total. The van der Waals surface area contributed by atoms with Crippen LogP contribution in [0.1, 0.15) is 31.7 Å². The van der Waals surface area contributed by atoms with E-state index in [-0.39, 0.29) is 35.5 Å². The van der Waals surface area contributed by atoms with Crippen molar-refractivity contribution >= 4 is 24.0 Å². The van der Waals surface area contributed by atoms with Crippen molar-refractivity contribution in [3.05, 3.63) is 29.6 Å². The van der Waals surface area contributed by atoms with Gasteiger partial charge < -0.3 is 10.2 Å². The van der Waals surface area contributed by atoms with Crippen LogP contribution in [0.15, 0.2) is 18.2 Å². The number of benzene rings is 1. The van der Waals surface area contributed by atoms with Gasteiger partial charge in [-0.1, -0.05) is 19.4 Å². The van der Waals surface area contributed by atoms with E-state index in [1.807, 2.05) is 17.9 Å². The smallest absolute Gasteiger partial charge is 0.230 e.